The van der Waals surface area contributed by atoms with Gasteiger partial charge in [0.15, 0.2) is 0 Å². The van der Waals surface area contributed by atoms with Crippen molar-refractivity contribution in [3.8, 4) is 0 Å². The molecule has 0 amide bonds. The van der Waals surface area contributed by atoms with Crippen molar-refractivity contribution in [3.05, 3.63) is 29.3 Å². The Labute approximate surface area is 131 Å². The van der Waals surface area contributed by atoms with Gasteiger partial charge in [0.2, 0.25) is 0 Å². The Balaban J connectivity index is 2.16. The lowest BCUT2D eigenvalue weighted by molar-refractivity contribution is 0.261. The zero-order valence-corrected chi connectivity index (χ0v) is 14.7. The predicted molar refractivity (Wildman–Crippen MR) is 94.2 cm³/mol. The maximum absolute atomic E-state index is 3.85. The average Bonchev–Trinajstić information content (AvgIpc) is 2.43. The second-order valence-electron chi connectivity index (χ2n) is 7.76. The van der Waals surface area contributed by atoms with Crippen molar-refractivity contribution in [1.29, 1.82) is 0 Å². The van der Waals surface area contributed by atoms with Crippen LogP contribution in [0.25, 0.3) is 0 Å². The van der Waals surface area contributed by atoms with Gasteiger partial charge in [0.05, 0.1) is 0 Å². The second kappa shape index (κ2) is 6.85. The summed E-state index contributed by atoms with van der Waals surface area (Å²) in [5, 5.41) is 3.85. The Morgan fingerprint density at radius 1 is 0.952 bits per heavy atom. The van der Waals surface area contributed by atoms with Crippen LogP contribution in [-0.2, 0) is 0 Å². The van der Waals surface area contributed by atoms with E-state index in [9.17, 15) is 0 Å². The predicted octanol–water partition coefficient (Wildman–Crippen LogP) is 6.17. The SMILES string of the molecule is CC(C)c1ccc(NC2CCC(C)C(C)C2)c(C(C)C)c1. The highest BCUT2D eigenvalue weighted by molar-refractivity contribution is 5.55. The van der Waals surface area contributed by atoms with Gasteiger partial charge < -0.3 is 5.32 Å². The van der Waals surface area contributed by atoms with Crippen LogP contribution in [0.5, 0.6) is 0 Å². The first kappa shape index (κ1) is 16.4. The number of benzene rings is 1. The van der Waals surface area contributed by atoms with Gasteiger partial charge in [0, 0.05) is 11.7 Å². The van der Waals surface area contributed by atoms with Crippen LogP contribution in [-0.4, -0.2) is 6.04 Å². The lowest BCUT2D eigenvalue weighted by Crippen LogP contribution is -2.30. The molecule has 0 heterocycles. The Bertz CT molecular complexity index is 461. The zero-order valence-electron chi connectivity index (χ0n) is 14.7. The van der Waals surface area contributed by atoms with Crippen molar-refractivity contribution in [2.24, 2.45) is 11.8 Å². The Morgan fingerprint density at radius 2 is 1.67 bits per heavy atom. The molecule has 1 saturated carbocycles. The van der Waals surface area contributed by atoms with Gasteiger partial charge in [-0.1, -0.05) is 53.7 Å². The van der Waals surface area contributed by atoms with Gasteiger partial charge in [-0.05, 0) is 60.1 Å². The monoisotopic (exact) mass is 287 g/mol. The van der Waals surface area contributed by atoms with Crippen LogP contribution in [0.2, 0.25) is 0 Å². The van der Waals surface area contributed by atoms with E-state index in [-0.39, 0.29) is 0 Å². The van der Waals surface area contributed by atoms with Gasteiger partial charge in [-0.25, -0.2) is 0 Å². The molecule has 3 unspecified atom stereocenters. The molecule has 0 aliphatic heterocycles. The van der Waals surface area contributed by atoms with Crippen LogP contribution in [0.3, 0.4) is 0 Å². The molecule has 118 valence electrons. The highest BCUT2D eigenvalue weighted by atomic mass is 14.9. The highest BCUT2D eigenvalue weighted by Crippen LogP contribution is 2.34. The van der Waals surface area contributed by atoms with Crippen molar-refractivity contribution < 1.29 is 0 Å². The van der Waals surface area contributed by atoms with Crippen molar-refractivity contribution in [2.75, 3.05) is 5.32 Å². The topological polar surface area (TPSA) is 12.0 Å². The van der Waals surface area contributed by atoms with Gasteiger partial charge in [-0.3, -0.25) is 0 Å². The lowest BCUT2D eigenvalue weighted by atomic mass is 9.79. The van der Waals surface area contributed by atoms with E-state index in [0.29, 0.717) is 17.9 Å². The summed E-state index contributed by atoms with van der Waals surface area (Å²) in [4.78, 5) is 0. The normalized spacial score (nSPS) is 26.4. The van der Waals surface area contributed by atoms with Crippen LogP contribution in [0.15, 0.2) is 18.2 Å². The number of rotatable bonds is 4. The molecular weight excluding hydrogens is 254 g/mol. The molecule has 0 saturated heterocycles. The maximum atomic E-state index is 3.85. The van der Waals surface area contributed by atoms with Crippen LogP contribution in [0, 0.1) is 11.8 Å². The van der Waals surface area contributed by atoms with E-state index in [4.69, 9.17) is 0 Å². The fraction of sp³-hybridized carbons (Fsp3) is 0.700. The summed E-state index contributed by atoms with van der Waals surface area (Å²) in [6.07, 6.45) is 3.99. The molecule has 1 heteroatoms. The molecule has 0 aromatic heterocycles. The van der Waals surface area contributed by atoms with Crippen LogP contribution < -0.4 is 5.32 Å². The standard InChI is InChI=1S/C20H33N/c1-13(2)17-8-10-20(19(12-17)14(3)4)21-18-9-7-15(5)16(6)11-18/h8,10,12-16,18,21H,7,9,11H2,1-6H3. The van der Waals surface area contributed by atoms with Crippen LogP contribution >= 0.6 is 0 Å². The van der Waals surface area contributed by atoms with E-state index < -0.39 is 0 Å². The highest BCUT2D eigenvalue weighted by Gasteiger charge is 2.25. The van der Waals surface area contributed by atoms with Gasteiger partial charge in [-0.15, -0.1) is 0 Å². The van der Waals surface area contributed by atoms with E-state index >= 15 is 0 Å². The van der Waals surface area contributed by atoms with Crippen molar-refractivity contribution in [3.63, 3.8) is 0 Å². The number of anilines is 1. The molecule has 1 aromatic rings. The summed E-state index contributed by atoms with van der Waals surface area (Å²) in [5.41, 5.74) is 4.29. The number of hydrogen-bond donors (Lipinski definition) is 1. The first-order chi connectivity index (χ1) is 9.88. The van der Waals surface area contributed by atoms with Gasteiger partial charge in [0.1, 0.15) is 0 Å². The third-order valence-electron chi connectivity index (χ3n) is 5.32. The molecule has 1 N–H and O–H groups in total. The number of hydrogen-bond acceptors (Lipinski definition) is 1. The number of nitrogens with one attached hydrogen (secondary N) is 1. The molecule has 3 atom stereocenters. The molecule has 1 aliphatic rings. The summed E-state index contributed by atoms with van der Waals surface area (Å²) in [7, 11) is 0. The summed E-state index contributed by atoms with van der Waals surface area (Å²) >= 11 is 0. The van der Waals surface area contributed by atoms with E-state index in [2.05, 4.69) is 65.1 Å². The van der Waals surface area contributed by atoms with Crippen molar-refractivity contribution in [2.45, 2.75) is 78.7 Å². The zero-order chi connectivity index (χ0) is 15.6. The van der Waals surface area contributed by atoms with Gasteiger partial charge in [-0.2, -0.15) is 0 Å². The Hall–Kier alpha value is -0.980. The fourth-order valence-corrected chi connectivity index (χ4v) is 3.45. The smallest absolute Gasteiger partial charge is 0.0377 e. The molecule has 2 rings (SSSR count). The molecule has 1 aromatic carbocycles. The van der Waals surface area contributed by atoms with Crippen LogP contribution in [0.4, 0.5) is 5.69 Å². The molecule has 21 heavy (non-hydrogen) atoms. The second-order valence-corrected chi connectivity index (χ2v) is 7.76. The minimum atomic E-state index is 0.575. The summed E-state index contributed by atoms with van der Waals surface area (Å²) in [6.45, 7) is 14.0. The molecule has 1 fully saturated rings. The van der Waals surface area contributed by atoms with Crippen molar-refractivity contribution in [1.82, 2.24) is 0 Å². The summed E-state index contributed by atoms with van der Waals surface area (Å²) in [5.74, 6) is 2.91. The van der Waals surface area contributed by atoms with E-state index in [1.54, 1.807) is 0 Å². The summed E-state index contributed by atoms with van der Waals surface area (Å²) in [6, 6.07) is 7.67. The average molecular weight is 287 g/mol. The van der Waals surface area contributed by atoms with E-state index in [1.165, 1.54) is 36.1 Å². The van der Waals surface area contributed by atoms with E-state index in [1.807, 2.05) is 0 Å². The molecule has 1 aliphatic carbocycles. The van der Waals surface area contributed by atoms with Crippen LogP contribution in [0.1, 0.15) is 83.8 Å². The minimum Gasteiger partial charge on any atom is -0.382 e. The largest absolute Gasteiger partial charge is 0.382 e. The molecule has 1 nitrogen and oxygen atoms in total. The third-order valence-corrected chi connectivity index (χ3v) is 5.32. The Morgan fingerprint density at radius 3 is 2.24 bits per heavy atom. The Kier molecular flexibility index (Phi) is 5.35. The quantitative estimate of drug-likeness (QED) is 0.698. The van der Waals surface area contributed by atoms with E-state index in [0.717, 1.165) is 11.8 Å². The molecule has 0 radical (unpaired) electrons. The van der Waals surface area contributed by atoms with Crippen molar-refractivity contribution >= 4 is 5.69 Å². The molecular formula is C20H33N. The third kappa shape index (κ3) is 4.02. The van der Waals surface area contributed by atoms with Gasteiger partial charge in [0.25, 0.3) is 0 Å². The maximum Gasteiger partial charge on any atom is 0.0377 e. The minimum absolute atomic E-state index is 0.575. The molecule has 0 spiro atoms. The molecule has 0 bridgehead atoms. The lowest BCUT2D eigenvalue weighted by Gasteiger charge is -2.34. The summed E-state index contributed by atoms with van der Waals surface area (Å²) < 4.78 is 0. The van der Waals surface area contributed by atoms with Gasteiger partial charge >= 0.3 is 0 Å². The first-order valence-electron chi connectivity index (χ1n) is 8.78. The first-order valence-corrected chi connectivity index (χ1v) is 8.78. The fourth-order valence-electron chi connectivity index (χ4n) is 3.45.